The lowest BCUT2D eigenvalue weighted by Crippen LogP contribution is -2.22. The van der Waals surface area contributed by atoms with Gasteiger partial charge in [-0.2, -0.15) is 5.26 Å². The molecule has 1 N–H and O–H groups in total. The van der Waals surface area contributed by atoms with E-state index in [1.54, 1.807) is 6.07 Å². The third-order valence-corrected chi connectivity index (χ3v) is 6.85. The van der Waals surface area contributed by atoms with Gasteiger partial charge in [-0.05, 0) is 42.0 Å². The van der Waals surface area contributed by atoms with E-state index in [1.807, 2.05) is 0 Å². The van der Waals surface area contributed by atoms with Gasteiger partial charge in [0, 0.05) is 10.9 Å². The Morgan fingerprint density at radius 3 is 2.40 bits per heavy atom. The SMILES string of the molecule is N#C[C@@]1(C(=O)O)[C@@H](c2cccc(F)c2)[C@@H]1S(=O)(=O)c1ccc(Cl)cc1. The third kappa shape index (κ3) is 2.58. The monoisotopic (exact) mass is 379 g/mol. The molecule has 0 heterocycles. The average molecular weight is 380 g/mol. The van der Waals surface area contributed by atoms with Crippen molar-refractivity contribution in [3.8, 4) is 6.07 Å². The van der Waals surface area contributed by atoms with Crippen LogP contribution in [0.4, 0.5) is 4.39 Å². The minimum Gasteiger partial charge on any atom is -0.480 e. The van der Waals surface area contributed by atoms with E-state index in [2.05, 4.69) is 0 Å². The number of halogens is 2. The maximum atomic E-state index is 13.5. The minimum absolute atomic E-state index is 0.137. The van der Waals surface area contributed by atoms with E-state index in [-0.39, 0.29) is 10.5 Å². The third-order valence-electron chi connectivity index (χ3n) is 4.36. The summed E-state index contributed by atoms with van der Waals surface area (Å²) in [6.45, 7) is 0. The molecule has 25 heavy (non-hydrogen) atoms. The van der Waals surface area contributed by atoms with Crippen LogP contribution in [0.25, 0.3) is 0 Å². The van der Waals surface area contributed by atoms with Crippen molar-refractivity contribution < 1.29 is 22.7 Å². The molecule has 1 aliphatic carbocycles. The first kappa shape index (κ1) is 17.4. The number of nitriles is 1. The van der Waals surface area contributed by atoms with Crippen molar-refractivity contribution in [3.05, 3.63) is 64.9 Å². The average Bonchev–Trinajstić information content (AvgIpc) is 3.27. The van der Waals surface area contributed by atoms with Gasteiger partial charge in [-0.3, -0.25) is 4.79 Å². The molecule has 0 spiro atoms. The van der Waals surface area contributed by atoms with Crippen molar-refractivity contribution in [3.63, 3.8) is 0 Å². The summed E-state index contributed by atoms with van der Waals surface area (Å²) >= 11 is 5.75. The van der Waals surface area contributed by atoms with Gasteiger partial charge < -0.3 is 5.11 Å². The predicted octanol–water partition coefficient (Wildman–Crippen LogP) is 3.01. The first-order valence-corrected chi connectivity index (χ1v) is 9.07. The summed E-state index contributed by atoms with van der Waals surface area (Å²) < 4.78 is 39.3. The van der Waals surface area contributed by atoms with E-state index < -0.39 is 38.2 Å². The van der Waals surface area contributed by atoms with Crippen LogP contribution in [-0.2, 0) is 14.6 Å². The fraction of sp³-hybridized carbons (Fsp3) is 0.176. The second-order valence-corrected chi connectivity index (χ2v) is 8.24. The molecule has 8 heteroatoms. The predicted molar refractivity (Wildman–Crippen MR) is 87.2 cm³/mol. The number of rotatable bonds is 4. The summed E-state index contributed by atoms with van der Waals surface area (Å²) in [6, 6.07) is 11.8. The highest BCUT2D eigenvalue weighted by Crippen LogP contribution is 2.64. The van der Waals surface area contributed by atoms with Gasteiger partial charge in [0.2, 0.25) is 0 Å². The van der Waals surface area contributed by atoms with Crippen molar-refractivity contribution in [2.75, 3.05) is 0 Å². The summed E-state index contributed by atoms with van der Waals surface area (Å²) in [4.78, 5) is 11.6. The van der Waals surface area contributed by atoms with Crippen molar-refractivity contribution in [2.24, 2.45) is 5.41 Å². The Hall–Kier alpha value is -2.43. The zero-order valence-electron chi connectivity index (χ0n) is 12.6. The molecule has 0 aliphatic heterocycles. The zero-order chi connectivity index (χ0) is 18.4. The molecule has 3 atom stereocenters. The summed E-state index contributed by atoms with van der Waals surface area (Å²) in [7, 11) is -4.14. The molecule has 1 saturated carbocycles. The molecule has 5 nitrogen and oxygen atoms in total. The summed E-state index contributed by atoms with van der Waals surface area (Å²) in [5.74, 6) is -3.34. The van der Waals surface area contributed by atoms with E-state index in [0.29, 0.717) is 5.02 Å². The number of nitrogens with zero attached hydrogens (tertiary/aromatic N) is 1. The molecule has 2 aromatic rings. The maximum absolute atomic E-state index is 13.5. The van der Waals surface area contributed by atoms with Crippen LogP contribution in [0, 0.1) is 22.6 Å². The highest BCUT2D eigenvalue weighted by Gasteiger charge is 2.77. The van der Waals surface area contributed by atoms with Crippen LogP contribution in [0.15, 0.2) is 53.4 Å². The summed E-state index contributed by atoms with van der Waals surface area (Å²) in [6.07, 6.45) is 0. The van der Waals surface area contributed by atoms with Crippen molar-refractivity contribution in [1.82, 2.24) is 0 Å². The molecule has 3 rings (SSSR count). The van der Waals surface area contributed by atoms with Crippen LogP contribution < -0.4 is 0 Å². The normalized spacial score (nSPS) is 25.2. The van der Waals surface area contributed by atoms with Crippen LogP contribution >= 0.6 is 11.6 Å². The second kappa shape index (κ2) is 5.83. The van der Waals surface area contributed by atoms with Crippen molar-refractivity contribution in [2.45, 2.75) is 16.1 Å². The minimum atomic E-state index is -4.14. The van der Waals surface area contributed by atoms with Crippen molar-refractivity contribution in [1.29, 1.82) is 5.26 Å². The van der Waals surface area contributed by atoms with Crippen LogP contribution in [0.2, 0.25) is 5.02 Å². The Labute approximate surface area is 148 Å². The van der Waals surface area contributed by atoms with Gasteiger partial charge >= 0.3 is 5.97 Å². The van der Waals surface area contributed by atoms with Crippen LogP contribution in [-0.4, -0.2) is 24.7 Å². The van der Waals surface area contributed by atoms with E-state index in [9.17, 15) is 28.0 Å². The number of sulfone groups is 1. The molecular formula is C17H11ClFNO4S. The van der Waals surface area contributed by atoms with E-state index in [0.717, 1.165) is 12.1 Å². The Balaban J connectivity index is 2.14. The van der Waals surface area contributed by atoms with E-state index in [1.165, 1.54) is 36.4 Å². The second-order valence-electron chi connectivity index (χ2n) is 5.74. The fourth-order valence-electron chi connectivity index (χ4n) is 3.12. The number of carboxylic acids is 1. The van der Waals surface area contributed by atoms with Crippen LogP contribution in [0.5, 0.6) is 0 Å². The smallest absolute Gasteiger partial charge is 0.326 e. The van der Waals surface area contributed by atoms with Gasteiger partial charge in [0.05, 0.1) is 11.0 Å². The maximum Gasteiger partial charge on any atom is 0.326 e. The Morgan fingerprint density at radius 2 is 1.88 bits per heavy atom. The van der Waals surface area contributed by atoms with E-state index >= 15 is 0 Å². The molecule has 1 fully saturated rings. The molecular weight excluding hydrogens is 369 g/mol. The molecule has 2 aromatic carbocycles. The van der Waals surface area contributed by atoms with Gasteiger partial charge in [-0.25, -0.2) is 12.8 Å². The Bertz CT molecular complexity index is 1000. The number of carboxylic acid groups (broad SMARTS) is 1. The fourth-order valence-corrected chi connectivity index (χ4v) is 5.50. The zero-order valence-corrected chi connectivity index (χ0v) is 14.1. The van der Waals surface area contributed by atoms with Gasteiger partial charge in [0.15, 0.2) is 15.3 Å². The van der Waals surface area contributed by atoms with Crippen LogP contribution in [0.1, 0.15) is 11.5 Å². The number of hydrogen-bond donors (Lipinski definition) is 1. The lowest BCUT2D eigenvalue weighted by molar-refractivity contribution is -0.141. The van der Waals surface area contributed by atoms with E-state index in [4.69, 9.17) is 11.6 Å². The number of carbonyl (C=O) groups is 1. The van der Waals surface area contributed by atoms with Crippen LogP contribution in [0.3, 0.4) is 0 Å². The van der Waals surface area contributed by atoms with Gasteiger partial charge in [-0.15, -0.1) is 0 Å². The molecule has 128 valence electrons. The highest BCUT2D eigenvalue weighted by atomic mass is 35.5. The summed E-state index contributed by atoms with van der Waals surface area (Å²) in [5.41, 5.74) is -2.00. The topological polar surface area (TPSA) is 95.2 Å². The molecule has 0 radical (unpaired) electrons. The van der Waals surface area contributed by atoms with Gasteiger partial charge in [-0.1, -0.05) is 23.7 Å². The standard InChI is InChI=1S/C17H11ClFNO4S/c18-11-4-6-13(7-5-11)25(23,24)15-14(17(15,9-20)16(21)22)10-2-1-3-12(19)8-10/h1-8,14-15H,(H,21,22)/t14-,15-,17+/m0/s1. The molecule has 1 aliphatic rings. The highest BCUT2D eigenvalue weighted by molar-refractivity contribution is 7.92. The largest absolute Gasteiger partial charge is 0.480 e. The van der Waals surface area contributed by atoms with Gasteiger partial charge in [0.25, 0.3) is 0 Å². The Morgan fingerprint density at radius 1 is 1.24 bits per heavy atom. The first-order chi connectivity index (χ1) is 11.7. The lowest BCUT2D eigenvalue weighted by atomic mass is 10.0. The molecule has 0 saturated heterocycles. The quantitative estimate of drug-likeness (QED) is 0.880. The molecule has 0 amide bonds. The number of benzene rings is 2. The number of aliphatic carboxylic acids is 1. The number of hydrogen-bond acceptors (Lipinski definition) is 4. The Kier molecular flexibility index (Phi) is 4.06. The molecule has 0 bridgehead atoms. The summed E-state index contributed by atoms with van der Waals surface area (Å²) in [5, 5.41) is 17.8. The first-order valence-electron chi connectivity index (χ1n) is 7.14. The molecule has 0 unspecified atom stereocenters. The van der Waals surface area contributed by atoms with Crippen molar-refractivity contribution >= 4 is 27.4 Å². The molecule has 0 aromatic heterocycles. The van der Waals surface area contributed by atoms with Gasteiger partial charge in [0.1, 0.15) is 11.1 Å². The lowest BCUT2D eigenvalue weighted by Gasteiger charge is -2.05.